The second-order valence-electron chi connectivity index (χ2n) is 4.67. The van der Waals surface area contributed by atoms with Crippen LogP contribution in [0, 0.1) is 0 Å². The number of nitrogens with zero attached hydrogens (tertiary/aromatic N) is 3. The lowest BCUT2D eigenvalue weighted by molar-refractivity contribution is 0.221. The van der Waals surface area contributed by atoms with E-state index >= 15 is 0 Å². The molecule has 2 rings (SSSR count). The van der Waals surface area contributed by atoms with E-state index in [1.165, 1.54) is 12.8 Å². The van der Waals surface area contributed by atoms with Crippen LogP contribution < -0.4 is 10.1 Å². The maximum absolute atomic E-state index is 5.55. The Morgan fingerprint density at radius 1 is 1.29 bits per heavy atom. The van der Waals surface area contributed by atoms with Gasteiger partial charge in [0.2, 0.25) is 5.95 Å². The van der Waals surface area contributed by atoms with Crippen LogP contribution in [0.1, 0.15) is 51.8 Å². The third-order valence-electron chi connectivity index (χ3n) is 2.45. The van der Waals surface area contributed by atoms with E-state index in [-0.39, 0.29) is 6.10 Å². The van der Waals surface area contributed by atoms with Gasteiger partial charge in [-0.15, -0.1) is 0 Å². The van der Waals surface area contributed by atoms with Crippen molar-refractivity contribution in [1.82, 2.24) is 15.0 Å². The quantitative estimate of drug-likeness (QED) is 0.821. The lowest BCUT2D eigenvalue weighted by Gasteiger charge is -2.10. The standard InChI is InChI=1S/C12H20N4O/c1-4-7-13-11-14-10(9-5-6-9)15-12(16-11)17-8(2)3/h8-9H,4-7H2,1-3H3,(H,13,14,15,16). The Bertz CT molecular complexity index is 377. The lowest BCUT2D eigenvalue weighted by Crippen LogP contribution is -2.13. The van der Waals surface area contributed by atoms with Crippen LogP contribution in [0.2, 0.25) is 0 Å². The normalized spacial score (nSPS) is 15.1. The highest BCUT2D eigenvalue weighted by molar-refractivity contribution is 5.27. The Kier molecular flexibility index (Phi) is 3.76. The molecule has 1 aliphatic carbocycles. The van der Waals surface area contributed by atoms with Gasteiger partial charge in [-0.05, 0) is 33.1 Å². The van der Waals surface area contributed by atoms with Crippen LogP contribution >= 0.6 is 0 Å². The molecule has 0 aliphatic heterocycles. The van der Waals surface area contributed by atoms with Crippen molar-refractivity contribution in [1.29, 1.82) is 0 Å². The van der Waals surface area contributed by atoms with E-state index in [1.807, 2.05) is 13.8 Å². The summed E-state index contributed by atoms with van der Waals surface area (Å²) in [5, 5.41) is 3.19. The molecule has 0 saturated heterocycles. The molecule has 0 aromatic carbocycles. The van der Waals surface area contributed by atoms with Gasteiger partial charge in [0.15, 0.2) is 0 Å². The molecule has 1 saturated carbocycles. The number of hydrogen-bond acceptors (Lipinski definition) is 5. The zero-order valence-corrected chi connectivity index (χ0v) is 10.7. The van der Waals surface area contributed by atoms with Crippen molar-refractivity contribution in [3.05, 3.63) is 5.82 Å². The maximum atomic E-state index is 5.55. The summed E-state index contributed by atoms with van der Waals surface area (Å²) in [6.45, 7) is 6.93. The molecule has 1 N–H and O–H groups in total. The molecule has 1 fully saturated rings. The fraction of sp³-hybridized carbons (Fsp3) is 0.750. The molecular formula is C12H20N4O. The van der Waals surface area contributed by atoms with Crippen LogP contribution in [-0.4, -0.2) is 27.6 Å². The van der Waals surface area contributed by atoms with Gasteiger partial charge in [-0.2, -0.15) is 15.0 Å². The Morgan fingerprint density at radius 2 is 2.06 bits per heavy atom. The molecule has 1 aromatic rings. The zero-order chi connectivity index (χ0) is 12.3. The van der Waals surface area contributed by atoms with Crippen LogP contribution in [0.4, 0.5) is 5.95 Å². The summed E-state index contributed by atoms with van der Waals surface area (Å²) in [6.07, 6.45) is 3.49. The summed E-state index contributed by atoms with van der Waals surface area (Å²) in [6, 6.07) is 0.440. The molecule has 0 amide bonds. The highest BCUT2D eigenvalue weighted by Gasteiger charge is 2.28. The molecule has 0 bridgehead atoms. The van der Waals surface area contributed by atoms with Gasteiger partial charge in [0.05, 0.1) is 6.10 Å². The Hall–Kier alpha value is -1.39. The summed E-state index contributed by atoms with van der Waals surface area (Å²) in [4.78, 5) is 13.1. The maximum Gasteiger partial charge on any atom is 0.321 e. The van der Waals surface area contributed by atoms with Gasteiger partial charge in [0.1, 0.15) is 5.82 Å². The zero-order valence-electron chi connectivity index (χ0n) is 10.7. The summed E-state index contributed by atoms with van der Waals surface area (Å²) in [5.41, 5.74) is 0. The molecule has 5 nitrogen and oxygen atoms in total. The Balaban J connectivity index is 2.15. The average molecular weight is 236 g/mol. The molecule has 1 heterocycles. The van der Waals surface area contributed by atoms with Crippen molar-refractivity contribution < 1.29 is 4.74 Å². The summed E-state index contributed by atoms with van der Waals surface area (Å²) < 4.78 is 5.55. The van der Waals surface area contributed by atoms with Gasteiger partial charge in [-0.25, -0.2) is 0 Å². The minimum atomic E-state index is 0.0866. The molecule has 5 heteroatoms. The molecule has 0 unspecified atom stereocenters. The minimum absolute atomic E-state index is 0.0866. The van der Waals surface area contributed by atoms with E-state index in [9.17, 15) is 0 Å². The SMILES string of the molecule is CCCNc1nc(OC(C)C)nc(C2CC2)n1. The first kappa shape index (κ1) is 12.1. The van der Waals surface area contributed by atoms with Crippen molar-refractivity contribution in [2.24, 2.45) is 0 Å². The summed E-state index contributed by atoms with van der Waals surface area (Å²) >= 11 is 0. The lowest BCUT2D eigenvalue weighted by atomic mass is 10.4. The predicted octanol–water partition coefficient (Wildman–Crippen LogP) is 2.36. The Labute approximate surface area is 102 Å². The molecular weight excluding hydrogens is 216 g/mol. The van der Waals surface area contributed by atoms with E-state index in [2.05, 4.69) is 27.2 Å². The van der Waals surface area contributed by atoms with Gasteiger partial charge in [-0.1, -0.05) is 6.92 Å². The van der Waals surface area contributed by atoms with E-state index in [4.69, 9.17) is 4.74 Å². The van der Waals surface area contributed by atoms with Gasteiger partial charge in [0.25, 0.3) is 0 Å². The summed E-state index contributed by atoms with van der Waals surface area (Å²) in [5.74, 6) is 2.02. The number of hydrogen-bond donors (Lipinski definition) is 1. The number of nitrogens with one attached hydrogen (secondary N) is 1. The van der Waals surface area contributed by atoms with Crippen molar-refractivity contribution in [2.45, 2.75) is 52.1 Å². The molecule has 17 heavy (non-hydrogen) atoms. The number of anilines is 1. The third kappa shape index (κ3) is 3.54. The molecule has 1 aromatic heterocycles. The van der Waals surface area contributed by atoms with Crippen LogP contribution in [0.5, 0.6) is 6.01 Å². The van der Waals surface area contributed by atoms with Crippen molar-refractivity contribution in [3.63, 3.8) is 0 Å². The molecule has 0 spiro atoms. The first-order valence-corrected chi connectivity index (χ1v) is 6.35. The van der Waals surface area contributed by atoms with Gasteiger partial charge >= 0.3 is 6.01 Å². The topological polar surface area (TPSA) is 59.9 Å². The van der Waals surface area contributed by atoms with Gasteiger partial charge in [0, 0.05) is 12.5 Å². The largest absolute Gasteiger partial charge is 0.461 e. The minimum Gasteiger partial charge on any atom is -0.461 e. The highest BCUT2D eigenvalue weighted by Crippen LogP contribution is 2.38. The fourth-order valence-corrected chi connectivity index (χ4v) is 1.48. The van der Waals surface area contributed by atoms with Crippen LogP contribution in [-0.2, 0) is 0 Å². The Morgan fingerprint density at radius 3 is 2.65 bits per heavy atom. The van der Waals surface area contributed by atoms with Crippen molar-refractivity contribution >= 4 is 5.95 Å². The van der Waals surface area contributed by atoms with Crippen LogP contribution in [0.25, 0.3) is 0 Å². The predicted molar refractivity (Wildman–Crippen MR) is 66.3 cm³/mol. The van der Waals surface area contributed by atoms with Crippen molar-refractivity contribution in [2.75, 3.05) is 11.9 Å². The molecule has 0 radical (unpaired) electrons. The van der Waals surface area contributed by atoms with E-state index in [1.54, 1.807) is 0 Å². The first-order chi connectivity index (χ1) is 8.19. The van der Waals surface area contributed by atoms with Crippen LogP contribution in [0.15, 0.2) is 0 Å². The fourth-order valence-electron chi connectivity index (χ4n) is 1.48. The van der Waals surface area contributed by atoms with E-state index in [0.717, 1.165) is 18.8 Å². The average Bonchev–Trinajstić information content (AvgIpc) is 3.08. The molecule has 94 valence electrons. The second kappa shape index (κ2) is 5.29. The van der Waals surface area contributed by atoms with Gasteiger partial charge in [-0.3, -0.25) is 0 Å². The van der Waals surface area contributed by atoms with E-state index in [0.29, 0.717) is 17.9 Å². The van der Waals surface area contributed by atoms with Gasteiger partial charge < -0.3 is 10.1 Å². The second-order valence-corrected chi connectivity index (χ2v) is 4.67. The number of rotatable bonds is 6. The molecule has 0 atom stereocenters. The van der Waals surface area contributed by atoms with E-state index < -0.39 is 0 Å². The molecule has 1 aliphatic rings. The number of ether oxygens (including phenoxy) is 1. The summed E-state index contributed by atoms with van der Waals surface area (Å²) in [7, 11) is 0. The smallest absolute Gasteiger partial charge is 0.321 e. The third-order valence-corrected chi connectivity index (χ3v) is 2.45. The van der Waals surface area contributed by atoms with Crippen LogP contribution in [0.3, 0.4) is 0 Å². The van der Waals surface area contributed by atoms with Crippen molar-refractivity contribution in [3.8, 4) is 6.01 Å². The first-order valence-electron chi connectivity index (χ1n) is 6.35. The highest BCUT2D eigenvalue weighted by atomic mass is 16.5. The monoisotopic (exact) mass is 236 g/mol. The number of aromatic nitrogens is 3.